The minimum Gasteiger partial charge on any atom is -0.325 e. The lowest BCUT2D eigenvalue weighted by Crippen LogP contribution is -2.34. The minimum absolute atomic E-state index is 0.179. The maximum atomic E-state index is 13.6. The molecule has 2 aromatic heterocycles. The van der Waals surface area contributed by atoms with E-state index >= 15 is 0 Å². The van der Waals surface area contributed by atoms with Crippen molar-refractivity contribution in [3.05, 3.63) is 129 Å². The van der Waals surface area contributed by atoms with Crippen LogP contribution in [0.3, 0.4) is 0 Å². The van der Waals surface area contributed by atoms with E-state index < -0.39 is 11.1 Å². The van der Waals surface area contributed by atoms with Gasteiger partial charge in [0.1, 0.15) is 0 Å². The molecular formula is C30H23N5O2. The van der Waals surface area contributed by atoms with E-state index in [0.717, 1.165) is 21.2 Å². The summed E-state index contributed by atoms with van der Waals surface area (Å²) in [6.45, 7) is 4.04. The normalized spacial score (nSPS) is 11.9. The monoisotopic (exact) mass is 485 g/mol. The quantitative estimate of drug-likeness (QED) is 0.202. The van der Waals surface area contributed by atoms with Gasteiger partial charge in [0, 0.05) is 5.69 Å². The molecule has 7 nitrogen and oxygen atoms in total. The smallest absolute Gasteiger partial charge is 0.269 e. The van der Waals surface area contributed by atoms with E-state index in [1.54, 1.807) is 34.9 Å². The molecule has 0 aliphatic carbocycles. The van der Waals surface area contributed by atoms with Gasteiger partial charge in [0.15, 0.2) is 0 Å². The largest absolute Gasteiger partial charge is 0.325 e. The fourth-order valence-corrected chi connectivity index (χ4v) is 4.38. The molecule has 6 rings (SSSR count). The third-order valence-electron chi connectivity index (χ3n) is 6.32. The molecule has 0 amide bonds. The number of aryl methyl sites for hydroxylation is 2. The molecule has 7 heteroatoms. The van der Waals surface area contributed by atoms with E-state index in [4.69, 9.17) is 9.98 Å². The molecular weight excluding hydrogens is 462 g/mol. The molecule has 180 valence electrons. The lowest BCUT2D eigenvalue weighted by Gasteiger charge is -2.18. The number of rotatable bonds is 2. The Morgan fingerprint density at radius 2 is 1.32 bits per heavy atom. The third kappa shape index (κ3) is 3.96. The lowest BCUT2D eigenvalue weighted by molar-refractivity contribution is 0.966. The predicted octanol–water partition coefficient (Wildman–Crippen LogP) is 5.43. The van der Waals surface area contributed by atoms with Gasteiger partial charge in [0.2, 0.25) is 11.7 Å². The Morgan fingerprint density at radius 1 is 0.730 bits per heavy atom. The second-order valence-corrected chi connectivity index (χ2v) is 8.99. The van der Waals surface area contributed by atoms with Gasteiger partial charge in [-0.3, -0.25) is 9.59 Å². The Balaban J connectivity index is 1.75. The number of hydrogen-bond donors (Lipinski definition) is 1. The first-order chi connectivity index (χ1) is 18.0. The van der Waals surface area contributed by atoms with Crippen molar-refractivity contribution in [1.29, 1.82) is 0 Å². The summed E-state index contributed by atoms with van der Waals surface area (Å²) in [7, 11) is 0. The summed E-state index contributed by atoms with van der Waals surface area (Å²) < 4.78 is 2.87. The Labute approximate surface area is 212 Å². The topological polar surface area (TPSA) is 80.8 Å². The number of fused-ring (bicyclic) bond motifs is 3. The molecule has 0 atom stereocenters. The third-order valence-corrected chi connectivity index (χ3v) is 6.32. The molecule has 1 N–H and O–H groups in total. The van der Waals surface area contributed by atoms with Gasteiger partial charge < -0.3 is 5.32 Å². The predicted molar refractivity (Wildman–Crippen MR) is 149 cm³/mol. The van der Waals surface area contributed by atoms with Gasteiger partial charge in [-0.05, 0) is 62.4 Å². The maximum Gasteiger partial charge on any atom is 0.269 e. The number of nitrogens with one attached hydrogen (secondary N) is 1. The number of anilines is 1. The van der Waals surface area contributed by atoms with E-state index in [1.807, 2.05) is 80.6 Å². The number of hydrogen-bond acceptors (Lipinski definition) is 4. The van der Waals surface area contributed by atoms with E-state index in [2.05, 4.69) is 5.32 Å². The zero-order chi connectivity index (χ0) is 25.5. The molecule has 6 aromatic rings. The molecule has 0 radical (unpaired) electrons. The molecule has 0 aliphatic rings. The van der Waals surface area contributed by atoms with Crippen molar-refractivity contribution in [2.75, 3.05) is 5.32 Å². The van der Waals surface area contributed by atoms with Gasteiger partial charge in [-0.1, -0.05) is 59.7 Å². The number of aromatic nitrogens is 3. The van der Waals surface area contributed by atoms with E-state index in [-0.39, 0.29) is 5.78 Å². The maximum absolute atomic E-state index is 13.6. The molecule has 37 heavy (non-hydrogen) atoms. The summed E-state index contributed by atoms with van der Waals surface area (Å²) in [6.07, 6.45) is 0. The minimum atomic E-state index is -0.421. The van der Waals surface area contributed by atoms with Crippen LogP contribution >= 0.6 is 0 Å². The number of aliphatic imine (C=N–C) groups is 1. The van der Waals surface area contributed by atoms with Gasteiger partial charge in [0.05, 0.1) is 27.5 Å². The van der Waals surface area contributed by atoms with Crippen LogP contribution in [-0.4, -0.2) is 19.9 Å². The van der Waals surface area contributed by atoms with Crippen molar-refractivity contribution in [3.8, 4) is 0 Å². The second kappa shape index (κ2) is 8.87. The number of nitrogens with zero attached hydrogens (tertiary/aromatic N) is 4. The summed E-state index contributed by atoms with van der Waals surface area (Å²) in [5.41, 5.74) is 4.00. The standard InChI is InChI=1S/C30H23N5O2/c1-19-11-15-21(16-12-19)31-29(32-22-17-13-20(2)14-18-22)34-26-10-6-4-8-24(26)28(37)35-27(36)23-7-3-5-9-25(23)33-30(34)35/h3-18H,1-2H3,(H,31,32). The van der Waals surface area contributed by atoms with Gasteiger partial charge in [-0.15, -0.1) is 0 Å². The van der Waals surface area contributed by atoms with Gasteiger partial charge in [-0.25, -0.2) is 18.9 Å². The van der Waals surface area contributed by atoms with Crippen molar-refractivity contribution < 1.29 is 0 Å². The number of para-hydroxylation sites is 2. The Bertz CT molecular complexity index is 1940. The highest BCUT2D eigenvalue weighted by molar-refractivity contribution is 6.04. The Morgan fingerprint density at radius 3 is 2.05 bits per heavy atom. The van der Waals surface area contributed by atoms with Crippen LogP contribution in [0.15, 0.2) is 112 Å². The summed E-state index contributed by atoms with van der Waals surface area (Å²) in [5, 5.41) is 4.18. The molecule has 0 saturated heterocycles. The fraction of sp³-hybridized carbons (Fsp3) is 0.0667. The molecule has 4 aromatic carbocycles. The molecule has 0 fully saturated rings. The first kappa shape index (κ1) is 22.4. The SMILES string of the molecule is Cc1ccc(N=C(Nc2ccc(C)cc2)n2c3ccccc3c(=O)n3c(=O)c4ccccc4nc23)cc1. The fourth-order valence-electron chi connectivity index (χ4n) is 4.38. The van der Waals surface area contributed by atoms with Crippen molar-refractivity contribution in [1.82, 2.24) is 14.0 Å². The van der Waals surface area contributed by atoms with Crippen LogP contribution in [0.1, 0.15) is 11.1 Å². The second-order valence-electron chi connectivity index (χ2n) is 8.99. The first-order valence-electron chi connectivity index (χ1n) is 11.9. The average molecular weight is 486 g/mol. The van der Waals surface area contributed by atoms with Crippen LogP contribution in [0.2, 0.25) is 0 Å². The highest BCUT2D eigenvalue weighted by Crippen LogP contribution is 2.20. The highest BCUT2D eigenvalue weighted by Gasteiger charge is 2.19. The Hall–Kier alpha value is -5.04. The summed E-state index contributed by atoms with van der Waals surface area (Å²) in [4.78, 5) is 36.9. The number of benzene rings is 4. The van der Waals surface area contributed by atoms with Crippen LogP contribution in [0, 0.1) is 13.8 Å². The zero-order valence-electron chi connectivity index (χ0n) is 20.3. The lowest BCUT2D eigenvalue weighted by atomic mass is 10.2. The van der Waals surface area contributed by atoms with Crippen molar-refractivity contribution in [3.63, 3.8) is 0 Å². The molecule has 2 heterocycles. The summed E-state index contributed by atoms with van der Waals surface area (Å²) in [5.74, 6) is 0.585. The molecule has 0 bridgehead atoms. The van der Waals surface area contributed by atoms with Gasteiger partial charge in [-0.2, -0.15) is 0 Å². The highest BCUT2D eigenvalue weighted by atomic mass is 16.2. The van der Waals surface area contributed by atoms with Crippen LogP contribution in [0.4, 0.5) is 11.4 Å². The van der Waals surface area contributed by atoms with Crippen LogP contribution < -0.4 is 16.4 Å². The van der Waals surface area contributed by atoms with Crippen molar-refractivity contribution >= 4 is 44.9 Å². The summed E-state index contributed by atoms with van der Waals surface area (Å²) >= 11 is 0. The van der Waals surface area contributed by atoms with Gasteiger partial charge >= 0.3 is 0 Å². The summed E-state index contributed by atoms with van der Waals surface area (Å²) in [6, 6.07) is 30.0. The van der Waals surface area contributed by atoms with E-state index in [0.29, 0.717) is 33.5 Å². The molecule has 0 saturated carbocycles. The molecule has 0 aliphatic heterocycles. The van der Waals surface area contributed by atoms with Crippen molar-refractivity contribution in [2.24, 2.45) is 4.99 Å². The zero-order valence-corrected chi connectivity index (χ0v) is 20.3. The van der Waals surface area contributed by atoms with E-state index in [1.165, 1.54) is 0 Å². The molecule has 0 spiro atoms. The van der Waals surface area contributed by atoms with Crippen molar-refractivity contribution in [2.45, 2.75) is 13.8 Å². The van der Waals surface area contributed by atoms with Crippen LogP contribution in [0.5, 0.6) is 0 Å². The van der Waals surface area contributed by atoms with Crippen LogP contribution in [-0.2, 0) is 0 Å². The average Bonchev–Trinajstić information content (AvgIpc) is 2.91. The first-order valence-corrected chi connectivity index (χ1v) is 11.9. The van der Waals surface area contributed by atoms with E-state index in [9.17, 15) is 9.59 Å². The molecule has 0 unspecified atom stereocenters. The Kier molecular flexibility index (Phi) is 5.38. The van der Waals surface area contributed by atoms with Crippen LogP contribution in [0.25, 0.3) is 27.6 Å². The van der Waals surface area contributed by atoms with Gasteiger partial charge in [0.25, 0.3) is 11.1 Å².